The lowest BCUT2D eigenvalue weighted by Crippen LogP contribution is -2.38. The topological polar surface area (TPSA) is 29.5 Å². The zero-order valence-electron chi connectivity index (χ0n) is 16.2. The van der Waals surface area contributed by atoms with E-state index in [0.29, 0.717) is 6.42 Å². The first-order chi connectivity index (χ1) is 13.8. The van der Waals surface area contributed by atoms with E-state index in [2.05, 4.69) is 47.4 Å². The van der Waals surface area contributed by atoms with E-state index in [1.165, 1.54) is 10.8 Å². The number of benzene rings is 3. The number of ketones is 1. The number of nitrogens with zero attached hydrogens (tertiary/aromatic N) is 1. The minimum absolute atomic E-state index is 0.245. The van der Waals surface area contributed by atoms with Crippen LogP contribution in [0.5, 0.6) is 5.75 Å². The summed E-state index contributed by atoms with van der Waals surface area (Å²) in [5.41, 5.74) is 0.824. The van der Waals surface area contributed by atoms with Crippen molar-refractivity contribution in [2.75, 3.05) is 19.6 Å². The number of carbonyl (C=O) groups is 1. The summed E-state index contributed by atoms with van der Waals surface area (Å²) >= 11 is 0. The van der Waals surface area contributed by atoms with Crippen LogP contribution in [0.15, 0.2) is 72.8 Å². The highest BCUT2D eigenvalue weighted by Gasteiger charge is 2.21. The molecule has 1 saturated heterocycles. The normalized spacial score (nSPS) is 15.6. The Morgan fingerprint density at radius 2 is 1.61 bits per heavy atom. The van der Waals surface area contributed by atoms with E-state index in [1.54, 1.807) is 0 Å². The molecule has 0 saturated carbocycles. The summed E-state index contributed by atoms with van der Waals surface area (Å²) in [6, 6.07) is 24.2. The molecule has 0 amide bonds. The summed E-state index contributed by atoms with van der Waals surface area (Å²) in [6.45, 7) is 3.06. The van der Waals surface area contributed by atoms with Gasteiger partial charge in [0.15, 0.2) is 5.78 Å². The molecule has 3 heteroatoms. The first kappa shape index (κ1) is 18.7. The Morgan fingerprint density at radius 3 is 2.43 bits per heavy atom. The van der Waals surface area contributed by atoms with Crippen LogP contribution >= 0.6 is 0 Å². The van der Waals surface area contributed by atoms with Gasteiger partial charge in [-0.3, -0.25) is 4.79 Å². The van der Waals surface area contributed by atoms with E-state index in [9.17, 15) is 4.79 Å². The maximum absolute atomic E-state index is 12.2. The summed E-state index contributed by atoms with van der Waals surface area (Å²) in [7, 11) is 0. The van der Waals surface area contributed by atoms with Crippen molar-refractivity contribution >= 4 is 16.6 Å². The van der Waals surface area contributed by atoms with Gasteiger partial charge >= 0.3 is 0 Å². The minimum Gasteiger partial charge on any atom is -0.490 e. The van der Waals surface area contributed by atoms with E-state index >= 15 is 0 Å². The number of ether oxygens (including phenoxy) is 1. The van der Waals surface area contributed by atoms with Gasteiger partial charge in [0, 0.05) is 30.5 Å². The summed E-state index contributed by atoms with van der Waals surface area (Å²) in [4.78, 5) is 14.7. The molecule has 0 atom stereocenters. The summed E-state index contributed by atoms with van der Waals surface area (Å²) in [5, 5.41) is 2.41. The summed E-state index contributed by atoms with van der Waals surface area (Å²) < 4.78 is 6.34. The molecular weight excluding hydrogens is 346 g/mol. The second-order valence-corrected chi connectivity index (χ2v) is 7.53. The molecule has 1 aliphatic rings. The lowest BCUT2D eigenvalue weighted by atomic mass is 10.0. The van der Waals surface area contributed by atoms with Gasteiger partial charge in [0.1, 0.15) is 11.9 Å². The fourth-order valence-electron chi connectivity index (χ4n) is 3.96. The van der Waals surface area contributed by atoms with E-state index in [-0.39, 0.29) is 11.9 Å². The Hall–Kier alpha value is -2.65. The van der Waals surface area contributed by atoms with Crippen molar-refractivity contribution in [1.29, 1.82) is 0 Å². The molecular formula is C25H27NO2. The number of carbonyl (C=O) groups excluding carboxylic acids is 1. The molecule has 1 heterocycles. The highest BCUT2D eigenvalue weighted by molar-refractivity contribution is 5.95. The molecule has 0 unspecified atom stereocenters. The molecule has 144 valence electrons. The van der Waals surface area contributed by atoms with Crippen LogP contribution in [0, 0.1) is 0 Å². The van der Waals surface area contributed by atoms with Crippen LogP contribution in [-0.2, 0) is 0 Å². The number of likely N-dealkylation sites (tertiary alicyclic amines) is 1. The summed E-state index contributed by atoms with van der Waals surface area (Å²) in [5.74, 6) is 1.24. The average molecular weight is 373 g/mol. The Morgan fingerprint density at radius 1 is 0.893 bits per heavy atom. The number of piperidine rings is 1. The van der Waals surface area contributed by atoms with Crippen LogP contribution in [0.4, 0.5) is 0 Å². The second-order valence-electron chi connectivity index (χ2n) is 7.53. The molecule has 3 aromatic rings. The molecule has 1 fully saturated rings. The number of hydrogen-bond acceptors (Lipinski definition) is 3. The van der Waals surface area contributed by atoms with E-state index in [4.69, 9.17) is 4.74 Å². The van der Waals surface area contributed by atoms with Crippen LogP contribution < -0.4 is 4.74 Å². The molecule has 3 aromatic carbocycles. The molecule has 0 N–H and O–H groups in total. The predicted molar refractivity (Wildman–Crippen MR) is 114 cm³/mol. The van der Waals surface area contributed by atoms with Crippen molar-refractivity contribution in [3.63, 3.8) is 0 Å². The smallest absolute Gasteiger partial charge is 0.162 e. The van der Waals surface area contributed by atoms with Crippen LogP contribution in [0.2, 0.25) is 0 Å². The zero-order valence-corrected chi connectivity index (χ0v) is 16.2. The average Bonchev–Trinajstić information content (AvgIpc) is 2.76. The van der Waals surface area contributed by atoms with Crippen LogP contribution in [-0.4, -0.2) is 36.4 Å². The van der Waals surface area contributed by atoms with Gasteiger partial charge in [-0.1, -0.05) is 66.7 Å². The Bertz CT molecular complexity index is 909. The quantitative estimate of drug-likeness (QED) is 0.523. The van der Waals surface area contributed by atoms with Crippen LogP contribution in [0.1, 0.15) is 36.0 Å². The van der Waals surface area contributed by atoms with Gasteiger partial charge in [-0.05, 0) is 37.3 Å². The third-order valence-corrected chi connectivity index (χ3v) is 5.55. The first-order valence-electron chi connectivity index (χ1n) is 10.2. The van der Waals surface area contributed by atoms with E-state index in [1.807, 2.05) is 30.3 Å². The van der Waals surface area contributed by atoms with Crippen molar-refractivity contribution in [2.24, 2.45) is 0 Å². The first-order valence-corrected chi connectivity index (χ1v) is 10.2. The predicted octanol–water partition coefficient (Wildman–Crippen LogP) is 5.35. The van der Waals surface area contributed by atoms with Gasteiger partial charge in [-0.25, -0.2) is 0 Å². The Kier molecular flexibility index (Phi) is 6.03. The second kappa shape index (κ2) is 9.03. The highest BCUT2D eigenvalue weighted by atomic mass is 16.5. The molecule has 0 bridgehead atoms. The number of Topliss-reactive ketones (excluding diaryl/α,β-unsaturated/α-hetero) is 1. The Balaban J connectivity index is 1.23. The third kappa shape index (κ3) is 4.60. The Labute approximate surface area is 166 Å². The van der Waals surface area contributed by atoms with Crippen LogP contribution in [0.3, 0.4) is 0 Å². The van der Waals surface area contributed by atoms with E-state index < -0.39 is 0 Å². The van der Waals surface area contributed by atoms with Crippen molar-refractivity contribution in [3.05, 3.63) is 78.4 Å². The van der Waals surface area contributed by atoms with Gasteiger partial charge in [0.05, 0.1) is 0 Å². The lowest BCUT2D eigenvalue weighted by molar-refractivity contribution is 0.0925. The molecule has 0 radical (unpaired) electrons. The molecule has 0 aliphatic carbocycles. The van der Waals surface area contributed by atoms with E-state index in [0.717, 1.165) is 50.2 Å². The maximum atomic E-state index is 12.2. The summed E-state index contributed by atoms with van der Waals surface area (Å²) in [6.07, 6.45) is 3.89. The van der Waals surface area contributed by atoms with Crippen molar-refractivity contribution in [1.82, 2.24) is 4.90 Å². The fourth-order valence-corrected chi connectivity index (χ4v) is 3.96. The van der Waals surface area contributed by atoms with Gasteiger partial charge < -0.3 is 9.64 Å². The molecule has 0 aromatic heterocycles. The number of fused-ring (bicyclic) bond motifs is 1. The molecule has 3 nitrogen and oxygen atoms in total. The van der Waals surface area contributed by atoms with Gasteiger partial charge in [0.25, 0.3) is 0 Å². The largest absolute Gasteiger partial charge is 0.490 e. The van der Waals surface area contributed by atoms with Gasteiger partial charge in [0.2, 0.25) is 0 Å². The van der Waals surface area contributed by atoms with Crippen molar-refractivity contribution in [2.45, 2.75) is 31.8 Å². The monoisotopic (exact) mass is 373 g/mol. The molecule has 28 heavy (non-hydrogen) atoms. The van der Waals surface area contributed by atoms with Crippen molar-refractivity contribution in [3.8, 4) is 5.75 Å². The standard InChI is InChI=1S/C25H27NO2/c27-24(21-9-2-1-3-10-21)13-7-17-26-18-15-22(16-19-26)28-25-14-6-11-20-8-4-5-12-23(20)25/h1-6,8-12,14,22H,7,13,15-19H2. The van der Waals surface area contributed by atoms with Gasteiger partial charge in [-0.2, -0.15) is 0 Å². The van der Waals surface area contributed by atoms with Crippen LogP contribution in [0.25, 0.3) is 10.8 Å². The maximum Gasteiger partial charge on any atom is 0.162 e. The molecule has 1 aliphatic heterocycles. The third-order valence-electron chi connectivity index (χ3n) is 5.55. The number of rotatable bonds is 7. The zero-order chi connectivity index (χ0) is 19.2. The fraction of sp³-hybridized carbons (Fsp3) is 0.320. The minimum atomic E-state index is 0.245. The van der Waals surface area contributed by atoms with Crippen molar-refractivity contribution < 1.29 is 9.53 Å². The van der Waals surface area contributed by atoms with Gasteiger partial charge in [-0.15, -0.1) is 0 Å². The lowest BCUT2D eigenvalue weighted by Gasteiger charge is -2.32. The molecule has 0 spiro atoms. The SMILES string of the molecule is O=C(CCCN1CCC(Oc2cccc3ccccc23)CC1)c1ccccc1. The number of hydrogen-bond donors (Lipinski definition) is 0. The molecule has 4 rings (SSSR count). The highest BCUT2D eigenvalue weighted by Crippen LogP contribution is 2.28.